The smallest absolute Gasteiger partial charge is 0.410 e. The van der Waals surface area contributed by atoms with Crippen LogP contribution in [0.15, 0.2) is 0 Å². The second kappa shape index (κ2) is 29.9. The molecule has 58 heavy (non-hydrogen) atoms. The summed E-state index contributed by atoms with van der Waals surface area (Å²) in [6.07, 6.45) is 11.0. The average Bonchev–Trinajstić information content (AvgIpc) is 3.23. The Balaban J connectivity index is 0.000000277. The lowest BCUT2D eigenvalue weighted by atomic mass is 9.92. The highest BCUT2D eigenvalue weighted by Crippen LogP contribution is 2.24. The Bertz CT molecular complexity index is 1120. The van der Waals surface area contributed by atoms with E-state index < -0.39 is 11.6 Å². The van der Waals surface area contributed by atoms with Gasteiger partial charge in [0.25, 0.3) is 0 Å². The highest BCUT2D eigenvalue weighted by atomic mass is 35.5. The molecule has 6 aliphatic rings. The van der Waals surface area contributed by atoms with Gasteiger partial charge in [-0.1, -0.05) is 0 Å². The van der Waals surface area contributed by atoms with Gasteiger partial charge in [0.1, 0.15) is 5.60 Å². The van der Waals surface area contributed by atoms with Crippen LogP contribution < -0.4 is 10.6 Å². The summed E-state index contributed by atoms with van der Waals surface area (Å²) in [7, 11) is 2.18. The van der Waals surface area contributed by atoms with E-state index in [2.05, 4.69) is 22.6 Å². The molecule has 6 fully saturated rings. The Morgan fingerprint density at radius 3 is 1.36 bits per heavy atom. The van der Waals surface area contributed by atoms with E-state index in [1.165, 1.54) is 38.8 Å². The lowest BCUT2D eigenvalue weighted by Gasteiger charge is -2.33. The van der Waals surface area contributed by atoms with Crippen LogP contribution in [-0.4, -0.2) is 179 Å². The zero-order valence-corrected chi connectivity index (χ0v) is 37.2. The molecule has 0 aliphatic carbocycles. The molecule has 3 N–H and O–H groups in total. The first-order valence-electron chi connectivity index (χ1n) is 22.0. The van der Waals surface area contributed by atoms with Crippen LogP contribution >= 0.6 is 12.4 Å². The molecule has 0 spiro atoms. The molecule has 0 saturated carbocycles. The predicted octanol–water partition coefficient (Wildman–Crippen LogP) is 4.12. The molecule has 6 heterocycles. The van der Waals surface area contributed by atoms with Crippen LogP contribution in [0.4, 0.5) is 4.79 Å². The van der Waals surface area contributed by atoms with E-state index in [4.69, 9.17) is 24.1 Å². The van der Waals surface area contributed by atoms with E-state index in [0.29, 0.717) is 63.7 Å². The molecule has 0 bridgehead atoms. The minimum absolute atomic E-state index is 0. The summed E-state index contributed by atoms with van der Waals surface area (Å²) in [5, 5.41) is 15.1. The Morgan fingerprint density at radius 2 is 0.966 bits per heavy atom. The fourth-order valence-corrected chi connectivity index (χ4v) is 7.69. The number of carboxylic acids is 1. The lowest BCUT2D eigenvalue weighted by molar-refractivity contribution is -0.137. The molecular formula is C42H79ClN6O9. The van der Waals surface area contributed by atoms with Crippen LogP contribution in [0.25, 0.3) is 0 Å². The minimum Gasteiger partial charge on any atom is -0.481 e. The summed E-state index contributed by atoms with van der Waals surface area (Å²) in [4.78, 5) is 54.1. The maximum absolute atomic E-state index is 12.0. The van der Waals surface area contributed by atoms with E-state index in [1.807, 2.05) is 30.6 Å². The number of piperidine rings is 3. The average molecular weight is 848 g/mol. The molecule has 3 amide bonds. The molecule has 16 heteroatoms. The maximum atomic E-state index is 12.0. The zero-order valence-electron chi connectivity index (χ0n) is 36.4. The molecule has 15 nitrogen and oxygen atoms in total. The van der Waals surface area contributed by atoms with E-state index in [9.17, 15) is 19.2 Å². The summed E-state index contributed by atoms with van der Waals surface area (Å²) in [6, 6.07) is 0. The quantitative estimate of drug-likeness (QED) is 0.305. The normalized spacial score (nSPS) is 21.4. The van der Waals surface area contributed by atoms with Gasteiger partial charge in [0.05, 0.1) is 39.6 Å². The first kappa shape index (κ1) is 51.9. The Hall–Kier alpha value is -2.27. The van der Waals surface area contributed by atoms with Gasteiger partial charge in [-0.15, -0.1) is 12.4 Å². The molecule has 6 aliphatic heterocycles. The monoisotopic (exact) mass is 847 g/mol. The second-order valence-corrected chi connectivity index (χ2v) is 17.2. The number of hydrogen-bond donors (Lipinski definition) is 3. The van der Waals surface area contributed by atoms with Crippen molar-refractivity contribution in [1.29, 1.82) is 0 Å². The maximum Gasteiger partial charge on any atom is 0.410 e. The third kappa shape index (κ3) is 23.5. The molecule has 0 atom stereocenters. The van der Waals surface area contributed by atoms with Crippen molar-refractivity contribution in [2.75, 3.05) is 125 Å². The number of nitrogens with one attached hydrogen (secondary N) is 2. The van der Waals surface area contributed by atoms with E-state index in [1.54, 1.807) is 4.90 Å². The van der Waals surface area contributed by atoms with E-state index in [-0.39, 0.29) is 24.9 Å². The van der Waals surface area contributed by atoms with E-state index >= 15 is 0 Å². The summed E-state index contributed by atoms with van der Waals surface area (Å²) in [5.41, 5.74) is -0.461. The molecule has 0 aromatic rings. The Morgan fingerprint density at radius 1 is 0.569 bits per heavy atom. The Kier molecular flexibility index (Phi) is 26.7. The van der Waals surface area contributed by atoms with Gasteiger partial charge in [0.2, 0.25) is 11.8 Å². The standard InChI is InChI=1S/C13H24N2O2.C13H23NO4.C12H22N2O2.C4H9NO.ClH/c1-14-6-4-12(5-7-14)2-3-13(16)15-8-10-17-11-9-15;1-13(2,3)18-12(17)14-8-6-10(7-9-14)4-5-11(15)16;15-12(14-7-9-16-10-8-14)2-1-11-3-5-13-6-4-11;1-3-6-4-2-5-1;/h12H,2-11H2,1H3;10H,4-9H2,1-3H3,(H,15,16);11,13H,1-10H2;5H,1-4H2;1H. The van der Waals surface area contributed by atoms with Crippen molar-refractivity contribution in [2.45, 2.75) is 103 Å². The number of hydrogen-bond acceptors (Lipinski definition) is 11. The molecule has 338 valence electrons. The van der Waals surface area contributed by atoms with Crippen molar-refractivity contribution in [3.8, 4) is 0 Å². The molecule has 6 rings (SSSR count). The number of rotatable bonds is 9. The number of carbonyl (C=O) groups is 4. The number of nitrogens with zero attached hydrogens (tertiary/aromatic N) is 4. The van der Waals surface area contributed by atoms with Gasteiger partial charge in [-0.05, 0) is 130 Å². The molecule has 0 unspecified atom stereocenters. The fraction of sp³-hybridized carbons (Fsp3) is 0.905. The predicted molar refractivity (Wildman–Crippen MR) is 227 cm³/mol. The molecule has 0 radical (unpaired) electrons. The summed E-state index contributed by atoms with van der Waals surface area (Å²) in [5.74, 6) is 1.83. The van der Waals surface area contributed by atoms with Crippen LogP contribution in [0.1, 0.15) is 97.8 Å². The third-order valence-electron chi connectivity index (χ3n) is 11.4. The number of carbonyl (C=O) groups excluding carboxylic acids is 3. The van der Waals surface area contributed by atoms with Crippen molar-refractivity contribution in [3.63, 3.8) is 0 Å². The van der Waals surface area contributed by atoms with Crippen molar-refractivity contribution in [3.05, 3.63) is 0 Å². The number of ether oxygens (including phenoxy) is 4. The number of amides is 3. The molecular weight excluding hydrogens is 768 g/mol. The molecule has 0 aromatic carbocycles. The first-order chi connectivity index (χ1) is 27.4. The van der Waals surface area contributed by atoms with Gasteiger partial charge >= 0.3 is 12.1 Å². The van der Waals surface area contributed by atoms with Gasteiger partial charge in [0.15, 0.2) is 0 Å². The van der Waals surface area contributed by atoms with Crippen molar-refractivity contribution >= 4 is 36.3 Å². The third-order valence-corrected chi connectivity index (χ3v) is 11.4. The highest BCUT2D eigenvalue weighted by Gasteiger charge is 2.27. The van der Waals surface area contributed by atoms with Crippen LogP contribution in [-0.2, 0) is 33.3 Å². The van der Waals surface area contributed by atoms with Crippen LogP contribution in [0.2, 0.25) is 0 Å². The van der Waals surface area contributed by atoms with Gasteiger partial charge < -0.3 is 54.3 Å². The summed E-state index contributed by atoms with van der Waals surface area (Å²) < 4.78 is 20.8. The van der Waals surface area contributed by atoms with Crippen LogP contribution in [0.5, 0.6) is 0 Å². The SMILES string of the molecule is C1COCCN1.CC(C)(C)OC(=O)N1CCC(CCC(=O)O)CC1.CN1CCC(CCC(=O)N2CCOCC2)CC1.Cl.O=C(CCC1CCNCC1)N1CCOCC1. The number of halogens is 1. The van der Waals surface area contributed by atoms with Gasteiger partial charge in [0, 0.05) is 71.6 Å². The minimum atomic E-state index is -0.746. The summed E-state index contributed by atoms with van der Waals surface area (Å²) in [6.45, 7) is 21.3. The molecule has 6 saturated heterocycles. The zero-order chi connectivity index (χ0) is 41.3. The van der Waals surface area contributed by atoms with E-state index in [0.717, 1.165) is 116 Å². The Labute approximate surface area is 355 Å². The highest BCUT2D eigenvalue weighted by molar-refractivity contribution is 5.85. The number of carboxylic acid groups (broad SMARTS) is 1. The number of aliphatic carboxylic acids is 1. The van der Waals surface area contributed by atoms with Crippen molar-refractivity contribution in [1.82, 2.24) is 30.2 Å². The number of morpholine rings is 3. The largest absolute Gasteiger partial charge is 0.481 e. The van der Waals surface area contributed by atoms with Crippen LogP contribution in [0.3, 0.4) is 0 Å². The van der Waals surface area contributed by atoms with Gasteiger partial charge in [-0.2, -0.15) is 0 Å². The van der Waals surface area contributed by atoms with Gasteiger partial charge in [-0.25, -0.2) is 4.79 Å². The van der Waals surface area contributed by atoms with Crippen LogP contribution in [0, 0.1) is 17.8 Å². The fourth-order valence-electron chi connectivity index (χ4n) is 7.69. The lowest BCUT2D eigenvalue weighted by Crippen LogP contribution is -2.41. The van der Waals surface area contributed by atoms with Gasteiger partial charge in [-0.3, -0.25) is 14.4 Å². The molecule has 0 aromatic heterocycles. The van der Waals surface area contributed by atoms with Crippen molar-refractivity contribution in [2.24, 2.45) is 17.8 Å². The number of likely N-dealkylation sites (tertiary alicyclic amines) is 2. The summed E-state index contributed by atoms with van der Waals surface area (Å²) >= 11 is 0. The first-order valence-corrected chi connectivity index (χ1v) is 22.0. The topological polar surface area (TPSA) is 162 Å². The van der Waals surface area contributed by atoms with Crippen molar-refractivity contribution < 1.29 is 43.2 Å². The second-order valence-electron chi connectivity index (χ2n) is 17.2.